The maximum Gasteiger partial charge on any atom is 0.0645 e. The summed E-state index contributed by atoms with van der Waals surface area (Å²) in [5.41, 5.74) is 2.75. The van der Waals surface area contributed by atoms with Gasteiger partial charge in [0.1, 0.15) is 0 Å². The Bertz CT molecular complexity index is 494. The second-order valence-electron chi connectivity index (χ2n) is 6.95. The van der Waals surface area contributed by atoms with Crippen LogP contribution in [-0.4, -0.2) is 47.0 Å². The summed E-state index contributed by atoms with van der Waals surface area (Å²) in [4.78, 5) is 2.64. The van der Waals surface area contributed by atoms with E-state index in [1.54, 1.807) is 0 Å². The maximum atomic E-state index is 5.32. The van der Waals surface area contributed by atoms with Crippen molar-refractivity contribution in [3.05, 3.63) is 17.5 Å². The molecule has 2 aliphatic heterocycles. The molecule has 4 rings (SSSR count). The highest BCUT2D eigenvalue weighted by molar-refractivity contribution is 5.28. The van der Waals surface area contributed by atoms with Crippen molar-refractivity contribution in [1.82, 2.24) is 14.7 Å². The molecule has 0 aromatic carbocycles. The molecule has 4 nitrogen and oxygen atoms in total. The first-order valence-corrected chi connectivity index (χ1v) is 8.09. The Balaban J connectivity index is 1.49. The van der Waals surface area contributed by atoms with Gasteiger partial charge in [-0.25, -0.2) is 0 Å². The zero-order chi connectivity index (χ0) is 13.9. The van der Waals surface area contributed by atoms with Crippen molar-refractivity contribution in [2.24, 2.45) is 11.8 Å². The standard InChI is InChI=1S/C16H25N3O/c1-4-11-5-15(19(17-11)10(2)3)16-13-6-18(7-14(13)16)12-8-20-9-12/h5,10,12-14,16H,4,6-9H2,1-3H3. The summed E-state index contributed by atoms with van der Waals surface area (Å²) in [7, 11) is 0. The molecule has 3 aliphatic rings. The van der Waals surface area contributed by atoms with E-state index >= 15 is 0 Å². The first-order chi connectivity index (χ1) is 9.69. The number of ether oxygens (including phenoxy) is 1. The summed E-state index contributed by atoms with van der Waals surface area (Å²) in [6.45, 7) is 11.1. The van der Waals surface area contributed by atoms with Gasteiger partial charge < -0.3 is 4.74 Å². The molecule has 0 spiro atoms. The SMILES string of the molecule is CCc1cc(C2C3CN(C4COC4)CC32)n(C(C)C)n1. The minimum atomic E-state index is 0.475. The Kier molecular flexibility index (Phi) is 2.93. The number of aryl methyl sites for hydroxylation is 1. The lowest BCUT2D eigenvalue weighted by molar-refractivity contribution is -0.0610. The van der Waals surface area contributed by atoms with E-state index in [1.807, 2.05) is 0 Å². The predicted octanol–water partition coefficient (Wildman–Crippen LogP) is 2.07. The van der Waals surface area contributed by atoms with Gasteiger partial charge in [-0.3, -0.25) is 9.58 Å². The Morgan fingerprint density at radius 2 is 2.00 bits per heavy atom. The first-order valence-electron chi connectivity index (χ1n) is 8.09. The van der Waals surface area contributed by atoms with Crippen LogP contribution >= 0.6 is 0 Å². The second kappa shape index (κ2) is 4.57. The van der Waals surface area contributed by atoms with Gasteiger partial charge in [0.25, 0.3) is 0 Å². The van der Waals surface area contributed by atoms with E-state index in [2.05, 4.69) is 36.4 Å². The van der Waals surface area contributed by atoms with Gasteiger partial charge in [-0.15, -0.1) is 0 Å². The molecule has 3 fully saturated rings. The molecule has 1 saturated carbocycles. The zero-order valence-corrected chi connectivity index (χ0v) is 12.7. The van der Waals surface area contributed by atoms with Crippen molar-refractivity contribution >= 4 is 0 Å². The van der Waals surface area contributed by atoms with Gasteiger partial charge in [0.15, 0.2) is 0 Å². The van der Waals surface area contributed by atoms with Gasteiger partial charge in [-0.1, -0.05) is 6.92 Å². The Morgan fingerprint density at radius 1 is 1.30 bits per heavy atom. The fourth-order valence-corrected chi connectivity index (χ4v) is 4.03. The van der Waals surface area contributed by atoms with Crippen LogP contribution in [0, 0.1) is 11.8 Å². The molecule has 0 radical (unpaired) electrons. The molecule has 2 saturated heterocycles. The molecule has 2 unspecified atom stereocenters. The molecular weight excluding hydrogens is 250 g/mol. The van der Waals surface area contributed by atoms with Crippen LogP contribution in [0.1, 0.15) is 44.1 Å². The number of aromatic nitrogens is 2. The highest BCUT2D eigenvalue weighted by atomic mass is 16.5. The smallest absolute Gasteiger partial charge is 0.0645 e. The van der Waals surface area contributed by atoms with Gasteiger partial charge in [0, 0.05) is 30.7 Å². The highest BCUT2D eigenvalue weighted by Gasteiger charge is 2.58. The van der Waals surface area contributed by atoms with Crippen molar-refractivity contribution in [1.29, 1.82) is 0 Å². The molecule has 110 valence electrons. The van der Waals surface area contributed by atoms with Crippen LogP contribution < -0.4 is 0 Å². The highest BCUT2D eigenvalue weighted by Crippen LogP contribution is 2.59. The average molecular weight is 275 g/mol. The van der Waals surface area contributed by atoms with Crippen LogP contribution in [0.25, 0.3) is 0 Å². The lowest BCUT2D eigenvalue weighted by atomic mass is 10.1. The van der Waals surface area contributed by atoms with E-state index in [0.717, 1.165) is 37.4 Å². The quantitative estimate of drug-likeness (QED) is 0.842. The predicted molar refractivity (Wildman–Crippen MR) is 77.9 cm³/mol. The Labute approximate surface area is 121 Å². The largest absolute Gasteiger partial charge is 0.378 e. The number of nitrogens with zero attached hydrogens (tertiary/aromatic N) is 3. The second-order valence-corrected chi connectivity index (χ2v) is 6.95. The summed E-state index contributed by atoms with van der Waals surface area (Å²) < 4.78 is 7.60. The monoisotopic (exact) mass is 275 g/mol. The van der Waals surface area contributed by atoms with E-state index in [4.69, 9.17) is 9.84 Å². The van der Waals surface area contributed by atoms with Crippen LogP contribution in [0.5, 0.6) is 0 Å². The number of hydrogen-bond acceptors (Lipinski definition) is 3. The van der Waals surface area contributed by atoms with Crippen LogP contribution in [-0.2, 0) is 11.2 Å². The van der Waals surface area contributed by atoms with Gasteiger partial charge in [0.2, 0.25) is 0 Å². The van der Waals surface area contributed by atoms with E-state index in [1.165, 1.54) is 24.5 Å². The van der Waals surface area contributed by atoms with Gasteiger partial charge in [-0.05, 0) is 38.2 Å². The minimum absolute atomic E-state index is 0.475. The number of fused-ring (bicyclic) bond motifs is 1. The third kappa shape index (κ3) is 1.85. The Morgan fingerprint density at radius 3 is 2.50 bits per heavy atom. The van der Waals surface area contributed by atoms with Crippen molar-refractivity contribution in [3.63, 3.8) is 0 Å². The summed E-state index contributed by atoms with van der Waals surface area (Å²) in [6.07, 6.45) is 1.04. The summed E-state index contributed by atoms with van der Waals surface area (Å²) in [5.74, 6) is 2.51. The fourth-order valence-electron chi connectivity index (χ4n) is 4.03. The molecule has 1 aromatic rings. The maximum absolute atomic E-state index is 5.32. The van der Waals surface area contributed by atoms with Crippen molar-refractivity contribution < 1.29 is 4.74 Å². The number of piperidine rings is 1. The molecule has 0 N–H and O–H groups in total. The van der Waals surface area contributed by atoms with Crippen LogP contribution in [0.3, 0.4) is 0 Å². The van der Waals surface area contributed by atoms with E-state index < -0.39 is 0 Å². The van der Waals surface area contributed by atoms with Crippen LogP contribution in [0.4, 0.5) is 0 Å². The van der Waals surface area contributed by atoms with Crippen molar-refractivity contribution in [2.45, 2.75) is 45.2 Å². The lowest BCUT2D eigenvalue weighted by Gasteiger charge is -2.35. The van der Waals surface area contributed by atoms with Crippen molar-refractivity contribution in [2.75, 3.05) is 26.3 Å². The van der Waals surface area contributed by atoms with Gasteiger partial charge >= 0.3 is 0 Å². The number of likely N-dealkylation sites (tertiary alicyclic amines) is 1. The molecule has 1 aliphatic carbocycles. The molecule has 2 atom stereocenters. The fraction of sp³-hybridized carbons (Fsp3) is 0.812. The molecule has 0 bridgehead atoms. The first kappa shape index (κ1) is 12.8. The minimum Gasteiger partial charge on any atom is -0.378 e. The normalized spacial score (nSPS) is 33.5. The molecule has 4 heteroatoms. The number of hydrogen-bond donors (Lipinski definition) is 0. The summed E-state index contributed by atoms with van der Waals surface area (Å²) >= 11 is 0. The van der Waals surface area contributed by atoms with Crippen LogP contribution in [0.15, 0.2) is 6.07 Å². The summed E-state index contributed by atoms with van der Waals surface area (Å²) in [5, 5.41) is 4.78. The average Bonchev–Trinajstić information content (AvgIpc) is 2.79. The third-order valence-corrected chi connectivity index (χ3v) is 5.37. The Hall–Kier alpha value is -0.870. The van der Waals surface area contributed by atoms with Gasteiger partial charge in [-0.2, -0.15) is 5.10 Å². The van der Waals surface area contributed by atoms with Gasteiger partial charge in [0.05, 0.1) is 24.9 Å². The molecule has 1 aromatic heterocycles. The molecular formula is C16H25N3O. The number of rotatable bonds is 4. The molecule has 0 amide bonds. The van der Waals surface area contributed by atoms with Crippen LogP contribution in [0.2, 0.25) is 0 Å². The van der Waals surface area contributed by atoms with Crippen molar-refractivity contribution in [3.8, 4) is 0 Å². The molecule has 20 heavy (non-hydrogen) atoms. The van der Waals surface area contributed by atoms with E-state index in [0.29, 0.717) is 12.1 Å². The topological polar surface area (TPSA) is 30.3 Å². The summed E-state index contributed by atoms with van der Waals surface area (Å²) in [6, 6.07) is 3.55. The third-order valence-electron chi connectivity index (χ3n) is 5.37. The lowest BCUT2D eigenvalue weighted by Crippen LogP contribution is -2.48. The van der Waals surface area contributed by atoms with E-state index in [-0.39, 0.29) is 0 Å². The van der Waals surface area contributed by atoms with E-state index in [9.17, 15) is 0 Å². The molecule has 3 heterocycles. The zero-order valence-electron chi connectivity index (χ0n) is 12.7.